The van der Waals surface area contributed by atoms with E-state index in [1.54, 1.807) is 0 Å². The van der Waals surface area contributed by atoms with Crippen LogP contribution in [0.3, 0.4) is 0 Å². The maximum atomic E-state index is 12.8. The minimum atomic E-state index is 0.0916. The minimum absolute atomic E-state index is 0.0916. The van der Waals surface area contributed by atoms with Gasteiger partial charge in [-0.05, 0) is 68.3 Å². The molecule has 2 aliphatic heterocycles. The molecule has 2 atom stereocenters. The Kier molecular flexibility index (Phi) is 7.99. The Morgan fingerprint density at radius 1 is 0.906 bits per heavy atom. The van der Waals surface area contributed by atoms with E-state index >= 15 is 0 Å². The lowest BCUT2D eigenvalue weighted by Crippen LogP contribution is -2.42. The second kappa shape index (κ2) is 11.1. The molecule has 2 heterocycles. The molecule has 32 heavy (non-hydrogen) atoms. The predicted octanol–water partition coefficient (Wildman–Crippen LogP) is 4.76. The van der Waals surface area contributed by atoms with E-state index in [1.165, 1.54) is 48.2 Å². The lowest BCUT2D eigenvalue weighted by Gasteiger charge is -2.32. The fraction of sp³-hybridized carbons (Fsp3) is 0.536. The number of hydrogen-bond acceptors (Lipinski definition) is 3. The van der Waals surface area contributed by atoms with E-state index < -0.39 is 0 Å². The number of piperidine rings is 2. The molecule has 1 amide bonds. The molecule has 0 aromatic heterocycles. The number of carbonyl (C=O) groups is 1. The first kappa shape index (κ1) is 23.0. The van der Waals surface area contributed by atoms with Crippen molar-refractivity contribution in [2.75, 3.05) is 26.2 Å². The fourth-order valence-electron chi connectivity index (χ4n) is 5.27. The Morgan fingerprint density at radius 2 is 1.59 bits per heavy atom. The molecule has 2 aromatic rings. The molecular weight excluding hydrogens is 394 g/mol. The van der Waals surface area contributed by atoms with Gasteiger partial charge in [0.2, 0.25) is 5.91 Å². The molecule has 2 aromatic carbocycles. The first-order valence-electron chi connectivity index (χ1n) is 12.4. The van der Waals surface area contributed by atoms with Gasteiger partial charge in [0, 0.05) is 32.7 Å². The Bertz CT molecular complexity index is 879. The highest BCUT2D eigenvalue weighted by molar-refractivity contribution is 5.79. The number of nitrogens with one attached hydrogen (secondary N) is 1. The molecule has 4 rings (SSSR count). The van der Waals surface area contributed by atoms with E-state index in [0.29, 0.717) is 6.54 Å². The standard InChI is InChI=1S/C28H39N3O/c1-22-6-3-8-26(16-22)20-31-15-5-9-27(21-31)28(32)29-17-24-10-12-25(13-11-24)19-30-14-4-7-23(2)18-30/h3,6,8,10-13,16,23,27H,4-5,7,9,14-15,17-21H2,1-2H3,(H,29,32). The summed E-state index contributed by atoms with van der Waals surface area (Å²) in [5.41, 5.74) is 5.19. The molecule has 0 bridgehead atoms. The summed E-state index contributed by atoms with van der Waals surface area (Å²) in [6, 6.07) is 17.5. The van der Waals surface area contributed by atoms with Crippen molar-refractivity contribution in [1.82, 2.24) is 15.1 Å². The van der Waals surface area contributed by atoms with Crippen molar-refractivity contribution in [2.45, 2.75) is 59.2 Å². The zero-order chi connectivity index (χ0) is 22.3. The molecule has 0 spiro atoms. The smallest absolute Gasteiger partial charge is 0.224 e. The van der Waals surface area contributed by atoms with Crippen molar-refractivity contribution in [3.63, 3.8) is 0 Å². The monoisotopic (exact) mass is 433 g/mol. The highest BCUT2D eigenvalue weighted by atomic mass is 16.1. The zero-order valence-electron chi connectivity index (χ0n) is 19.9. The quantitative estimate of drug-likeness (QED) is 0.684. The van der Waals surface area contributed by atoms with Crippen molar-refractivity contribution >= 4 is 5.91 Å². The van der Waals surface area contributed by atoms with Crippen molar-refractivity contribution in [3.05, 3.63) is 70.8 Å². The van der Waals surface area contributed by atoms with Gasteiger partial charge in [-0.3, -0.25) is 14.6 Å². The van der Waals surface area contributed by atoms with Gasteiger partial charge in [0.1, 0.15) is 0 Å². The third-order valence-corrected chi connectivity index (χ3v) is 7.00. The van der Waals surface area contributed by atoms with Gasteiger partial charge < -0.3 is 5.32 Å². The molecule has 1 N–H and O–H groups in total. The van der Waals surface area contributed by atoms with Crippen LogP contribution in [0.25, 0.3) is 0 Å². The van der Waals surface area contributed by atoms with E-state index in [0.717, 1.165) is 44.9 Å². The molecule has 2 fully saturated rings. The van der Waals surface area contributed by atoms with Gasteiger partial charge in [0.05, 0.1) is 5.92 Å². The van der Waals surface area contributed by atoms with Crippen LogP contribution in [-0.4, -0.2) is 41.9 Å². The minimum Gasteiger partial charge on any atom is -0.352 e. The van der Waals surface area contributed by atoms with Crippen molar-refractivity contribution in [1.29, 1.82) is 0 Å². The second-order valence-electron chi connectivity index (χ2n) is 10.1. The summed E-state index contributed by atoms with van der Waals surface area (Å²) in [5, 5.41) is 3.19. The molecule has 172 valence electrons. The average Bonchev–Trinajstić information content (AvgIpc) is 2.79. The van der Waals surface area contributed by atoms with E-state index in [9.17, 15) is 4.79 Å². The molecule has 2 saturated heterocycles. The van der Waals surface area contributed by atoms with Crippen LogP contribution in [0.4, 0.5) is 0 Å². The Morgan fingerprint density at radius 3 is 2.34 bits per heavy atom. The molecule has 0 saturated carbocycles. The number of amides is 1. The van der Waals surface area contributed by atoms with Gasteiger partial charge in [0.25, 0.3) is 0 Å². The van der Waals surface area contributed by atoms with Crippen LogP contribution in [0.1, 0.15) is 54.9 Å². The summed E-state index contributed by atoms with van der Waals surface area (Å²) >= 11 is 0. The van der Waals surface area contributed by atoms with Crippen molar-refractivity contribution < 1.29 is 4.79 Å². The number of likely N-dealkylation sites (tertiary alicyclic amines) is 2. The predicted molar refractivity (Wildman–Crippen MR) is 131 cm³/mol. The summed E-state index contributed by atoms with van der Waals surface area (Å²) in [7, 11) is 0. The van der Waals surface area contributed by atoms with Crippen LogP contribution in [0.2, 0.25) is 0 Å². The van der Waals surface area contributed by atoms with Crippen LogP contribution in [0.15, 0.2) is 48.5 Å². The fourth-order valence-corrected chi connectivity index (χ4v) is 5.27. The summed E-state index contributed by atoms with van der Waals surface area (Å²) < 4.78 is 0. The Hall–Kier alpha value is -2.17. The third kappa shape index (κ3) is 6.66. The normalized spacial score (nSPS) is 22.6. The second-order valence-corrected chi connectivity index (χ2v) is 10.1. The van der Waals surface area contributed by atoms with Crippen LogP contribution in [0, 0.1) is 18.8 Å². The lowest BCUT2D eigenvalue weighted by atomic mass is 9.96. The third-order valence-electron chi connectivity index (χ3n) is 7.00. The number of rotatable bonds is 7. The molecule has 0 radical (unpaired) electrons. The van der Waals surface area contributed by atoms with Crippen LogP contribution >= 0.6 is 0 Å². The van der Waals surface area contributed by atoms with Crippen molar-refractivity contribution in [3.8, 4) is 0 Å². The highest BCUT2D eigenvalue weighted by Crippen LogP contribution is 2.20. The van der Waals surface area contributed by atoms with Gasteiger partial charge in [-0.15, -0.1) is 0 Å². The average molecular weight is 434 g/mol. The van der Waals surface area contributed by atoms with E-state index in [-0.39, 0.29) is 11.8 Å². The maximum absolute atomic E-state index is 12.8. The van der Waals surface area contributed by atoms with Crippen LogP contribution in [-0.2, 0) is 24.4 Å². The molecule has 4 heteroatoms. The van der Waals surface area contributed by atoms with Crippen LogP contribution < -0.4 is 5.32 Å². The molecule has 4 nitrogen and oxygen atoms in total. The Balaban J connectivity index is 1.23. The van der Waals surface area contributed by atoms with Crippen molar-refractivity contribution in [2.24, 2.45) is 11.8 Å². The number of benzene rings is 2. The molecule has 0 aliphatic carbocycles. The van der Waals surface area contributed by atoms with Gasteiger partial charge in [-0.2, -0.15) is 0 Å². The van der Waals surface area contributed by atoms with Gasteiger partial charge in [-0.1, -0.05) is 61.0 Å². The summed E-state index contributed by atoms with van der Waals surface area (Å²) in [6.45, 7) is 11.4. The summed E-state index contributed by atoms with van der Waals surface area (Å²) in [4.78, 5) is 17.8. The Labute approximate surface area is 194 Å². The zero-order valence-corrected chi connectivity index (χ0v) is 19.9. The molecule has 2 unspecified atom stereocenters. The SMILES string of the molecule is Cc1cccc(CN2CCCC(C(=O)NCc3ccc(CN4CCCC(C)C4)cc3)C2)c1. The first-order chi connectivity index (χ1) is 15.5. The van der Waals surface area contributed by atoms with Gasteiger partial charge >= 0.3 is 0 Å². The number of aryl methyl sites for hydroxylation is 1. The van der Waals surface area contributed by atoms with Crippen LogP contribution in [0.5, 0.6) is 0 Å². The van der Waals surface area contributed by atoms with E-state index in [2.05, 4.69) is 77.5 Å². The van der Waals surface area contributed by atoms with E-state index in [4.69, 9.17) is 0 Å². The number of nitrogens with zero attached hydrogens (tertiary/aromatic N) is 2. The van der Waals surface area contributed by atoms with Gasteiger partial charge in [0.15, 0.2) is 0 Å². The topological polar surface area (TPSA) is 35.6 Å². The summed E-state index contributed by atoms with van der Waals surface area (Å²) in [5.74, 6) is 1.10. The number of hydrogen-bond donors (Lipinski definition) is 1. The molecular formula is C28H39N3O. The highest BCUT2D eigenvalue weighted by Gasteiger charge is 2.25. The summed E-state index contributed by atoms with van der Waals surface area (Å²) in [6.07, 6.45) is 4.76. The first-order valence-corrected chi connectivity index (χ1v) is 12.4. The van der Waals surface area contributed by atoms with E-state index in [1.807, 2.05) is 0 Å². The number of carbonyl (C=O) groups excluding carboxylic acids is 1. The molecule has 2 aliphatic rings. The van der Waals surface area contributed by atoms with Gasteiger partial charge in [-0.25, -0.2) is 0 Å². The lowest BCUT2D eigenvalue weighted by molar-refractivity contribution is -0.126. The maximum Gasteiger partial charge on any atom is 0.224 e. The largest absolute Gasteiger partial charge is 0.352 e.